The predicted molar refractivity (Wildman–Crippen MR) is 101 cm³/mol. The maximum Gasteiger partial charge on any atom is 0.248 e. The Morgan fingerprint density at radius 2 is 1.42 bits per heavy atom. The van der Waals surface area contributed by atoms with Gasteiger partial charge in [0.15, 0.2) is 0 Å². The zero-order valence-corrected chi connectivity index (χ0v) is 16.4. The van der Waals surface area contributed by atoms with Crippen LogP contribution in [0, 0.1) is 10.8 Å². The molecule has 0 heterocycles. The molecule has 2 rings (SSSR count). The lowest BCUT2D eigenvalue weighted by atomic mass is 10.1. The quantitative estimate of drug-likeness (QED) is 0.438. The van der Waals surface area contributed by atoms with E-state index in [0.29, 0.717) is 11.5 Å². The highest BCUT2D eigenvalue weighted by Crippen LogP contribution is 2.47. The summed E-state index contributed by atoms with van der Waals surface area (Å²) in [7, 11) is 1.71. The number of nitrogens with zero attached hydrogens (tertiary/aromatic N) is 2. The highest BCUT2D eigenvalue weighted by Gasteiger charge is 2.44. The van der Waals surface area contributed by atoms with Crippen molar-refractivity contribution in [2.75, 3.05) is 13.6 Å². The molecule has 2 aliphatic carbocycles. The first-order valence-corrected chi connectivity index (χ1v) is 9.12. The van der Waals surface area contributed by atoms with Gasteiger partial charge in [-0.05, 0) is 32.6 Å². The SMILES string of the molecule is CCN(NC(=O)CC(=O)NN(C)C(=S)C1(C)CC1)C(=S)C1(C)CC1. The summed E-state index contributed by atoms with van der Waals surface area (Å²) in [5.41, 5.74) is 5.40. The third-order valence-corrected chi connectivity index (χ3v) is 6.25. The highest BCUT2D eigenvalue weighted by atomic mass is 32.1. The maximum atomic E-state index is 12.1. The van der Waals surface area contributed by atoms with E-state index < -0.39 is 0 Å². The molecule has 2 saturated carbocycles. The van der Waals surface area contributed by atoms with Gasteiger partial charge in [0, 0.05) is 24.4 Å². The van der Waals surface area contributed by atoms with E-state index >= 15 is 0 Å². The van der Waals surface area contributed by atoms with Gasteiger partial charge in [-0.15, -0.1) is 0 Å². The number of hydrogen-bond acceptors (Lipinski definition) is 4. The molecule has 0 unspecified atom stereocenters. The number of nitrogens with one attached hydrogen (secondary N) is 2. The zero-order chi connectivity index (χ0) is 18.1. The second kappa shape index (κ2) is 6.92. The van der Waals surface area contributed by atoms with Crippen LogP contribution in [-0.4, -0.2) is 45.4 Å². The molecule has 2 amide bonds. The number of thiocarbonyl (C=S) groups is 2. The number of hydrazine groups is 2. The Morgan fingerprint density at radius 1 is 0.958 bits per heavy atom. The Hall–Kier alpha value is -1.28. The summed E-state index contributed by atoms with van der Waals surface area (Å²) in [6.07, 6.45) is 3.89. The molecule has 2 fully saturated rings. The van der Waals surface area contributed by atoms with Crippen molar-refractivity contribution in [2.45, 2.75) is 52.9 Å². The smallest absolute Gasteiger partial charge is 0.248 e. The minimum atomic E-state index is -0.388. The normalized spacial score (nSPS) is 19.0. The molecule has 8 heteroatoms. The highest BCUT2D eigenvalue weighted by molar-refractivity contribution is 7.80. The monoisotopic (exact) mass is 370 g/mol. The first-order valence-electron chi connectivity index (χ1n) is 8.30. The fraction of sp³-hybridized carbons (Fsp3) is 0.750. The van der Waals surface area contributed by atoms with Gasteiger partial charge in [-0.3, -0.25) is 30.5 Å². The lowest BCUT2D eigenvalue weighted by Crippen LogP contribution is -2.50. The molecule has 0 aromatic rings. The Balaban J connectivity index is 1.79. The van der Waals surface area contributed by atoms with Crippen LogP contribution < -0.4 is 10.9 Å². The van der Waals surface area contributed by atoms with Gasteiger partial charge < -0.3 is 0 Å². The minimum Gasteiger partial charge on any atom is -0.281 e. The molecule has 0 bridgehead atoms. The number of hydrogen-bond donors (Lipinski definition) is 2. The predicted octanol–water partition coefficient (Wildman–Crippen LogP) is 1.95. The molecule has 2 aliphatic rings. The van der Waals surface area contributed by atoms with E-state index in [2.05, 4.69) is 24.7 Å². The van der Waals surface area contributed by atoms with Crippen LogP contribution in [0.25, 0.3) is 0 Å². The fourth-order valence-electron chi connectivity index (χ4n) is 2.42. The Morgan fingerprint density at radius 3 is 1.88 bits per heavy atom. The lowest BCUT2D eigenvalue weighted by Gasteiger charge is -2.28. The summed E-state index contributed by atoms with van der Waals surface area (Å²) in [5, 5.41) is 3.21. The van der Waals surface area contributed by atoms with Crippen molar-refractivity contribution >= 4 is 46.2 Å². The molecule has 0 aromatic carbocycles. The average molecular weight is 371 g/mol. The van der Waals surface area contributed by atoms with Gasteiger partial charge in [-0.1, -0.05) is 38.3 Å². The van der Waals surface area contributed by atoms with Crippen LogP contribution in [0.3, 0.4) is 0 Å². The van der Waals surface area contributed by atoms with Crippen molar-refractivity contribution in [2.24, 2.45) is 10.8 Å². The minimum absolute atomic E-state index is 0.00449. The van der Waals surface area contributed by atoms with E-state index in [1.54, 1.807) is 17.1 Å². The third kappa shape index (κ3) is 4.42. The fourth-order valence-corrected chi connectivity index (χ4v) is 3.05. The van der Waals surface area contributed by atoms with Crippen molar-refractivity contribution in [1.29, 1.82) is 0 Å². The Labute approximate surface area is 154 Å². The zero-order valence-electron chi connectivity index (χ0n) is 14.8. The molecular weight excluding hydrogens is 344 g/mol. The van der Waals surface area contributed by atoms with Crippen molar-refractivity contribution in [1.82, 2.24) is 20.9 Å². The van der Waals surface area contributed by atoms with Gasteiger partial charge in [-0.25, -0.2) is 0 Å². The van der Waals surface area contributed by atoms with E-state index in [1.807, 2.05) is 6.92 Å². The van der Waals surface area contributed by atoms with Crippen LogP contribution in [0.1, 0.15) is 52.9 Å². The first-order chi connectivity index (χ1) is 11.1. The molecule has 134 valence electrons. The van der Waals surface area contributed by atoms with Gasteiger partial charge in [0.1, 0.15) is 16.4 Å². The van der Waals surface area contributed by atoms with Crippen molar-refractivity contribution in [3.05, 3.63) is 0 Å². The molecule has 0 aromatic heterocycles. The van der Waals surface area contributed by atoms with Crippen LogP contribution >= 0.6 is 24.4 Å². The van der Waals surface area contributed by atoms with Crippen LogP contribution in [0.15, 0.2) is 0 Å². The molecule has 6 nitrogen and oxygen atoms in total. The van der Waals surface area contributed by atoms with E-state index in [4.69, 9.17) is 24.4 Å². The topological polar surface area (TPSA) is 64.7 Å². The Bertz CT molecular complexity index is 570. The first kappa shape index (κ1) is 19.1. The average Bonchev–Trinajstić information content (AvgIpc) is 3.43. The van der Waals surface area contributed by atoms with Gasteiger partial charge in [0.2, 0.25) is 11.8 Å². The maximum absolute atomic E-state index is 12.1. The van der Waals surface area contributed by atoms with Crippen molar-refractivity contribution < 1.29 is 9.59 Å². The standard InChI is InChI=1S/C16H26N4O2S2/c1-5-20(14(24)16(3)8-9-16)18-12(22)10-11(21)17-19(4)13(23)15(2)6-7-15/h5-10H2,1-4H3,(H,17,21)(H,18,22). The van der Waals surface area contributed by atoms with E-state index in [1.165, 1.54) is 0 Å². The molecule has 0 atom stereocenters. The van der Waals surface area contributed by atoms with E-state index in [-0.39, 0.29) is 29.1 Å². The van der Waals surface area contributed by atoms with Crippen LogP contribution in [0.5, 0.6) is 0 Å². The molecule has 0 saturated heterocycles. The van der Waals surface area contributed by atoms with Crippen LogP contribution in [0.4, 0.5) is 0 Å². The summed E-state index contributed by atoms with van der Waals surface area (Å²) < 4.78 is 0. The molecule has 0 aliphatic heterocycles. The Kier molecular flexibility index (Phi) is 5.49. The van der Waals surface area contributed by atoms with Crippen LogP contribution in [0.2, 0.25) is 0 Å². The largest absolute Gasteiger partial charge is 0.281 e. The second-order valence-corrected chi connectivity index (χ2v) is 8.06. The van der Waals surface area contributed by atoms with Crippen molar-refractivity contribution in [3.63, 3.8) is 0 Å². The molecule has 0 radical (unpaired) electrons. The summed E-state index contributed by atoms with van der Waals surface area (Å²) in [6, 6.07) is 0. The van der Waals surface area contributed by atoms with E-state index in [0.717, 1.165) is 30.7 Å². The summed E-state index contributed by atoms with van der Waals surface area (Å²) in [6.45, 7) is 6.65. The summed E-state index contributed by atoms with van der Waals surface area (Å²) in [5.74, 6) is -0.765. The van der Waals surface area contributed by atoms with Gasteiger partial charge >= 0.3 is 0 Å². The van der Waals surface area contributed by atoms with Gasteiger partial charge in [0.05, 0.1) is 0 Å². The third-order valence-electron chi connectivity index (χ3n) is 4.77. The van der Waals surface area contributed by atoms with Gasteiger partial charge in [-0.2, -0.15) is 0 Å². The second-order valence-electron chi connectivity index (χ2n) is 7.28. The van der Waals surface area contributed by atoms with Gasteiger partial charge in [0.25, 0.3) is 0 Å². The van der Waals surface area contributed by atoms with Crippen LogP contribution in [-0.2, 0) is 9.59 Å². The number of carbonyl (C=O) groups excluding carboxylic acids is 2. The summed E-state index contributed by atoms with van der Waals surface area (Å²) in [4.78, 5) is 25.6. The molecule has 0 spiro atoms. The number of amides is 2. The molecule has 2 N–H and O–H groups in total. The van der Waals surface area contributed by atoms with Crippen molar-refractivity contribution in [3.8, 4) is 0 Å². The molecule has 24 heavy (non-hydrogen) atoms. The summed E-state index contributed by atoms with van der Waals surface area (Å²) >= 11 is 10.8. The number of carbonyl (C=O) groups is 2. The molecular formula is C16H26N4O2S2. The lowest BCUT2D eigenvalue weighted by molar-refractivity contribution is -0.132. The van der Waals surface area contributed by atoms with E-state index in [9.17, 15) is 9.59 Å². The number of rotatable bonds is 5.